The minimum Gasteiger partial charge on any atom is -0.332 e. The fourth-order valence-corrected chi connectivity index (χ4v) is 4.76. The lowest BCUT2D eigenvalue weighted by molar-refractivity contribution is -0.133. The van der Waals surface area contributed by atoms with Crippen molar-refractivity contribution in [2.24, 2.45) is 0 Å². The zero-order valence-corrected chi connectivity index (χ0v) is 20.9. The summed E-state index contributed by atoms with van der Waals surface area (Å²) < 4.78 is 1.70. The lowest BCUT2D eigenvalue weighted by Crippen LogP contribution is -2.38. The van der Waals surface area contributed by atoms with Gasteiger partial charge in [0.05, 0.1) is 29.1 Å². The number of anilines is 1. The van der Waals surface area contributed by atoms with Gasteiger partial charge in [-0.15, -0.1) is 0 Å². The molecule has 35 heavy (non-hydrogen) atoms. The van der Waals surface area contributed by atoms with Gasteiger partial charge < -0.3 is 15.5 Å². The van der Waals surface area contributed by atoms with Gasteiger partial charge in [0.15, 0.2) is 5.82 Å². The number of rotatable bonds is 6. The van der Waals surface area contributed by atoms with E-state index in [2.05, 4.69) is 34.4 Å². The number of amides is 2. The lowest BCUT2D eigenvalue weighted by atomic mass is 9.87. The molecule has 5 rings (SSSR count). The van der Waals surface area contributed by atoms with Crippen LogP contribution in [0.4, 0.5) is 5.82 Å². The predicted molar refractivity (Wildman–Crippen MR) is 132 cm³/mol. The molecule has 0 saturated carbocycles. The summed E-state index contributed by atoms with van der Waals surface area (Å²) in [7, 11) is 0. The molecule has 0 aliphatic carbocycles. The molecule has 3 aromatic rings. The Labute approximate surface area is 208 Å². The number of fused-ring (bicyclic) bond motifs is 2. The Morgan fingerprint density at radius 1 is 1.20 bits per heavy atom. The largest absolute Gasteiger partial charge is 0.332 e. The third kappa shape index (κ3) is 4.19. The average molecular weight is 494 g/mol. The number of halogens is 1. The number of benzene rings is 1. The normalized spacial score (nSPS) is 16.9. The summed E-state index contributed by atoms with van der Waals surface area (Å²) in [5, 5.41) is 11.6. The van der Waals surface area contributed by atoms with Crippen molar-refractivity contribution in [1.82, 2.24) is 30.0 Å². The number of nitrogens with one attached hydrogen (secondary N) is 2. The van der Waals surface area contributed by atoms with Crippen LogP contribution in [0.15, 0.2) is 36.8 Å². The molecule has 182 valence electrons. The average Bonchev–Trinajstić information content (AvgIpc) is 3.45. The Balaban J connectivity index is 1.39. The van der Waals surface area contributed by atoms with Crippen LogP contribution in [0.3, 0.4) is 0 Å². The molecule has 2 aliphatic rings. The topological polar surface area (TPSA) is 105 Å². The maximum atomic E-state index is 13.6. The quantitative estimate of drug-likeness (QED) is 0.546. The van der Waals surface area contributed by atoms with E-state index in [1.807, 2.05) is 49.2 Å². The van der Waals surface area contributed by atoms with Crippen LogP contribution < -0.4 is 10.6 Å². The summed E-state index contributed by atoms with van der Waals surface area (Å²) >= 11 is 6.07. The molecule has 2 amide bonds. The Morgan fingerprint density at radius 2 is 1.94 bits per heavy atom. The lowest BCUT2D eigenvalue weighted by Gasteiger charge is -2.25. The summed E-state index contributed by atoms with van der Waals surface area (Å²) in [6, 6.07) is 7.72. The molecule has 2 aromatic heterocycles. The first-order valence-electron chi connectivity index (χ1n) is 11.7. The van der Waals surface area contributed by atoms with Crippen LogP contribution in [0.2, 0.25) is 5.02 Å². The molecule has 10 heteroatoms. The van der Waals surface area contributed by atoms with Gasteiger partial charge in [-0.2, -0.15) is 5.10 Å². The van der Waals surface area contributed by atoms with E-state index in [1.54, 1.807) is 4.68 Å². The third-order valence-electron chi connectivity index (χ3n) is 6.66. The highest BCUT2D eigenvalue weighted by molar-refractivity contribution is 6.30. The van der Waals surface area contributed by atoms with E-state index >= 15 is 0 Å². The van der Waals surface area contributed by atoms with E-state index in [1.165, 1.54) is 6.33 Å². The highest BCUT2D eigenvalue weighted by Crippen LogP contribution is 2.39. The Kier molecular flexibility index (Phi) is 5.85. The molecule has 1 aromatic carbocycles. The number of hydrogen-bond acceptors (Lipinski definition) is 6. The minimum absolute atomic E-state index is 0.0453. The first kappa shape index (κ1) is 23.4. The van der Waals surface area contributed by atoms with Crippen molar-refractivity contribution in [3.05, 3.63) is 64.2 Å². The minimum atomic E-state index is -0.764. The molecule has 0 fully saturated rings. The van der Waals surface area contributed by atoms with Crippen molar-refractivity contribution in [2.75, 3.05) is 11.9 Å². The molecule has 0 radical (unpaired) electrons. The van der Waals surface area contributed by atoms with Gasteiger partial charge in [0, 0.05) is 35.9 Å². The highest BCUT2D eigenvalue weighted by Gasteiger charge is 2.43. The van der Waals surface area contributed by atoms with Crippen molar-refractivity contribution >= 4 is 29.2 Å². The molecular formula is C25H28ClN7O2. The Morgan fingerprint density at radius 3 is 2.63 bits per heavy atom. The first-order valence-corrected chi connectivity index (χ1v) is 12.0. The molecule has 2 N–H and O–H groups in total. The van der Waals surface area contributed by atoms with E-state index in [-0.39, 0.29) is 23.8 Å². The molecule has 0 spiro atoms. The van der Waals surface area contributed by atoms with E-state index in [4.69, 9.17) is 16.7 Å². The fourth-order valence-electron chi connectivity index (χ4n) is 4.63. The molecule has 1 atom stereocenters. The smallest absolute Gasteiger partial charge is 0.235 e. The molecule has 0 unspecified atom stereocenters. The van der Waals surface area contributed by atoms with Crippen LogP contribution >= 0.6 is 11.6 Å². The van der Waals surface area contributed by atoms with Gasteiger partial charge in [0.2, 0.25) is 11.8 Å². The summed E-state index contributed by atoms with van der Waals surface area (Å²) in [6.45, 7) is 9.24. The van der Waals surface area contributed by atoms with Gasteiger partial charge >= 0.3 is 0 Å². The number of aromatic nitrogens is 4. The summed E-state index contributed by atoms with van der Waals surface area (Å²) in [4.78, 5) is 36.5. The van der Waals surface area contributed by atoms with Crippen LogP contribution in [-0.2, 0) is 28.1 Å². The fraction of sp³-hybridized carbons (Fsp3) is 0.400. The zero-order valence-electron chi connectivity index (χ0n) is 20.2. The van der Waals surface area contributed by atoms with Gasteiger partial charge in [-0.25, -0.2) is 14.6 Å². The van der Waals surface area contributed by atoms with Gasteiger partial charge in [0.1, 0.15) is 12.1 Å². The summed E-state index contributed by atoms with van der Waals surface area (Å²) in [6.07, 6.45) is 3.32. The summed E-state index contributed by atoms with van der Waals surface area (Å²) in [5.41, 5.74) is 2.68. The van der Waals surface area contributed by atoms with E-state index < -0.39 is 5.41 Å². The van der Waals surface area contributed by atoms with Crippen LogP contribution in [0.5, 0.6) is 0 Å². The van der Waals surface area contributed by atoms with Crippen molar-refractivity contribution in [1.29, 1.82) is 0 Å². The SMILES string of the molecule is CC(C)NC[C@@H](C(=O)N1Cc2cn(-c3ncnc4c3C(C)(C)C(=O)N4)nc2C1)c1ccc(Cl)cc1. The summed E-state index contributed by atoms with van der Waals surface area (Å²) in [5.74, 6) is 0.693. The number of carbonyl (C=O) groups excluding carboxylic acids is 2. The van der Waals surface area contributed by atoms with Gasteiger partial charge in [0.25, 0.3) is 0 Å². The molecular weight excluding hydrogens is 466 g/mol. The van der Waals surface area contributed by atoms with Gasteiger partial charge in [-0.05, 0) is 31.5 Å². The standard InChI is InChI=1S/C25H28ClN7O2/c1-14(2)27-9-18(15-5-7-17(26)8-6-15)23(34)32-10-16-11-33(31-19(16)12-32)22-20-21(28-13-29-22)30-24(35)25(20,3)4/h5-8,11,13-14,18,27H,9-10,12H2,1-4H3,(H,28,29,30,35)/t18-/m1/s1. The monoisotopic (exact) mass is 493 g/mol. The second-order valence-electron chi connectivity index (χ2n) is 9.91. The van der Waals surface area contributed by atoms with Crippen LogP contribution in [-0.4, -0.2) is 49.0 Å². The molecule has 9 nitrogen and oxygen atoms in total. The Hall–Kier alpha value is -3.30. The highest BCUT2D eigenvalue weighted by atomic mass is 35.5. The third-order valence-corrected chi connectivity index (χ3v) is 6.91. The second-order valence-corrected chi connectivity index (χ2v) is 10.3. The van der Waals surface area contributed by atoms with Crippen molar-refractivity contribution in [2.45, 2.75) is 58.2 Å². The van der Waals surface area contributed by atoms with Crippen molar-refractivity contribution in [3.8, 4) is 5.82 Å². The molecule has 2 aliphatic heterocycles. The van der Waals surface area contributed by atoms with Crippen LogP contribution in [0.1, 0.15) is 56.0 Å². The van der Waals surface area contributed by atoms with Crippen molar-refractivity contribution in [3.63, 3.8) is 0 Å². The van der Waals surface area contributed by atoms with Crippen LogP contribution in [0, 0.1) is 0 Å². The molecule has 0 saturated heterocycles. The maximum absolute atomic E-state index is 13.6. The maximum Gasteiger partial charge on any atom is 0.235 e. The van der Waals surface area contributed by atoms with E-state index in [0.29, 0.717) is 36.3 Å². The molecule has 4 heterocycles. The van der Waals surface area contributed by atoms with Crippen molar-refractivity contribution < 1.29 is 9.59 Å². The zero-order chi connectivity index (χ0) is 24.9. The predicted octanol–water partition coefficient (Wildman–Crippen LogP) is 3.17. The van der Waals surface area contributed by atoms with E-state index in [9.17, 15) is 9.59 Å². The number of hydrogen-bond donors (Lipinski definition) is 2. The van der Waals surface area contributed by atoms with Crippen LogP contribution in [0.25, 0.3) is 5.82 Å². The Bertz CT molecular complexity index is 1280. The van der Waals surface area contributed by atoms with Gasteiger partial charge in [-0.1, -0.05) is 37.6 Å². The van der Waals surface area contributed by atoms with E-state index in [0.717, 1.165) is 22.4 Å². The van der Waals surface area contributed by atoms with Gasteiger partial charge in [-0.3, -0.25) is 9.59 Å². The number of nitrogens with zero attached hydrogens (tertiary/aromatic N) is 5. The first-order chi connectivity index (χ1) is 16.6. The number of carbonyl (C=O) groups is 2. The molecule has 0 bridgehead atoms. The second kappa shape index (κ2) is 8.73.